The van der Waals surface area contributed by atoms with E-state index in [1.165, 1.54) is 0 Å². The van der Waals surface area contributed by atoms with Crippen molar-refractivity contribution in [1.29, 1.82) is 0 Å². The summed E-state index contributed by atoms with van der Waals surface area (Å²) in [5, 5.41) is 5.24. The number of nitrogens with one attached hydrogen (secondary N) is 1. The molecule has 0 amide bonds. The van der Waals surface area contributed by atoms with Crippen molar-refractivity contribution >= 4 is 16.7 Å². The zero-order chi connectivity index (χ0) is 16.8. The highest BCUT2D eigenvalue weighted by Crippen LogP contribution is 2.36. The van der Waals surface area contributed by atoms with Gasteiger partial charge in [0.15, 0.2) is 11.5 Å². The molecule has 5 rings (SSSR count). The second kappa shape index (κ2) is 5.37. The third kappa shape index (κ3) is 2.34. The van der Waals surface area contributed by atoms with Gasteiger partial charge >= 0.3 is 5.63 Å². The molecule has 1 atom stereocenters. The van der Waals surface area contributed by atoms with E-state index >= 15 is 0 Å². The number of benzene rings is 2. The van der Waals surface area contributed by atoms with Gasteiger partial charge in [0.25, 0.3) is 0 Å². The van der Waals surface area contributed by atoms with Crippen molar-refractivity contribution in [2.45, 2.75) is 12.5 Å². The molecule has 2 aromatic carbocycles. The standard InChI is InChI=1S/C19H14N2O4/c22-19-13(7-12-3-1-2-4-16(12)25-19)15-9-14(20-21-15)11-5-6-17-18(8-11)24-10-23-17/h1-8,14,20H,9-10H2/t14-/m0/s1. The maximum Gasteiger partial charge on any atom is 0.345 e. The number of hydrazone groups is 1. The van der Waals surface area contributed by atoms with Gasteiger partial charge in [0.05, 0.1) is 17.3 Å². The van der Waals surface area contributed by atoms with Crippen molar-refractivity contribution < 1.29 is 13.9 Å². The van der Waals surface area contributed by atoms with Crippen LogP contribution in [-0.2, 0) is 0 Å². The van der Waals surface area contributed by atoms with Crippen LogP contribution in [0.2, 0.25) is 0 Å². The molecule has 0 aliphatic carbocycles. The fraction of sp³-hybridized carbons (Fsp3) is 0.158. The van der Waals surface area contributed by atoms with Crippen LogP contribution < -0.4 is 20.5 Å². The van der Waals surface area contributed by atoms with Crippen molar-refractivity contribution in [2.75, 3.05) is 6.79 Å². The van der Waals surface area contributed by atoms with E-state index in [1.54, 1.807) is 6.07 Å². The first-order valence-electron chi connectivity index (χ1n) is 8.03. The fourth-order valence-electron chi connectivity index (χ4n) is 3.20. The number of fused-ring (bicyclic) bond motifs is 2. The molecule has 0 unspecified atom stereocenters. The Morgan fingerprint density at radius 1 is 1.04 bits per heavy atom. The van der Waals surface area contributed by atoms with Gasteiger partial charge in [-0.05, 0) is 29.8 Å². The Balaban J connectivity index is 1.45. The highest BCUT2D eigenvalue weighted by atomic mass is 16.7. The molecular weight excluding hydrogens is 320 g/mol. The Morgan fingerprint density at radius 3 is 2.88 bits per heavy atom. The lowest BCUT2D eigenvalue weighted by atomic mass is 9.99. The highest BCUT2D eigenvalue weighted by Gasteiger charge is 2.25. The maximum absolute atomic E-state index is 12.3. The molecule has 0 bridgehead atoms. The van der Waals surface area contributed by atoms with Crippen LogP contribution in [-0.4, -0.2) is 12.5 Å². The molecule has 6 heteroatoms. The lowest BCUT2D eigenvalue weighted by molar-refractivity contribution is 0.174. The van der Waals surface area contributed by atoms with Crippen molar-refractivity contribution in [2.24, 2.45) is 5.10 Å². The monoisotopic (exact) mass is 334 g/mol. The first-order valence-corrected chi connectivity index (χ1v) is 8.03. The van der Waals surface area contributed by atoms with Gasteiger partial charge in [0.1, 0.15) is 5.58 Å². The summed E-state index contributed by atoms with van der Waals surface area (Å²) in [6, 6.07) is 15.1. The van der Waals surface area contributed by atoms with Crippen LogP contribution in [0.3, 0.4) is 0 Å². The van der Waals surface area contributed by atoms with Crippen LogP contribution in [0, 0.1) is 0 Å². The summed E-state index contributed by atoms with van der Waals surface area (Å²) in [5.41, 5.74) is 5.53. The molecule has 3 heterocycles. The molecule has 1 aromatic heterocycles. The van der Waals surface area contributed by atoms with Gasteiger partial charge in [-0.3, -0.25) is 0 Å². The van der Waals surface area contributed by atoms with Crippen LogP contribution in [0.5, 0.6) is 11.5 Å². The van der Waals surface area contributed by atoms with E-state index in [9.17, 15) is 4.79 Å². The van der Waals surface area contributed by atoms with Crippen LogP contribution in [0.25, 0.3) is 11.0 Å². The Bertz CT molecular complexity index is 1070. The average molecular weight is 334 g/mol. The Labute approximate surface area is 142 Å². The Kier molecular flexibility index (Phi) is 3.03. The summed E-state index contributed by atoms with van der Waals surface area (Å²) in [6.45, 7) is 0.247. The predicted molar refractivity (Wildman–Crippen MR) is 92.1 cm³/mol. The Hall–Kier alpha value is -3.28. The van der Waals surface area contributed by atoms with E-state index in [-0.39, 0.29) is 18.5 Å². The summed E-state index contributed by atoms with van der Waals surface area (Å²) in [7, 11) is 0. The number of nitrogens with zero attached hydrogens (tertiary/aromatic N) is 1. The first kappa shape index (κ1) is 14.1. The first-order chi connectivity index (χ1) is 12.3. The fourth-order valence-corrected chi connectivity index (χ4v) is 3.20. The van der Waals surface area contributed by atoms with E-state index in [4.69, 9.17) is 13.9 Å². The summed E-state index contributed by atoms with van der Waals surface area (Å²) in [5.74, 6) is 1.48. The van der Waals surface area contributed by atoms with E-state index in [2.05, 4.69) is 10.5 Å². The van der Waals surface area contributed by atoms with Gasteiger partial charge in [-0.1, -0.05) is 24.3 Å². The number of para-hydroxylation sites is 1. The molecule has 2 aliphatic rings. The zero-order valence-electron chi connectivity index (χ0n) is 13.2. The summed E-state index contributed by atoms with van der Waals surface area (Å²) >= 11 is 0. The van der Waals surface area contributed by atoms with Crippen molar-refractivity contribution in [3.8, 4) is 11.5 Å². The molecule has 1 N–H and O–H groups in total. The van der Waals surface area contributed by atoms with Gasteiger partial charge < -0.3 is 19.3 Å². The maximum atomic E-state index is 12.3. The molecule has 0 fully saturated rings. The van der Waals surface area contributed by atoms with Crippen LogP contribution >= 0.6 is 0 Å². The summed E-state index contributed by atoms with van der Waals surface area (Å²) in [4.78, 5) is 12.3. The van der Waals surface area contributed by atoms with Crippen molar-refractivity contribution in [3.05, 3.63) is 70.1 Å². The second-order valence-electron chi connectivity index (χ2n) is 6.04. The third-order valence-corrected chi connectivity index (χ3v) is 4.50. The van der Waals surface area contributed by atoms with Gasteiger partial charge in [-0.15, -0.1) is 0 Å². The van der Waals surface area contributed by atoms with Gasteiger partial charge in [-0.2, -0.15) is 5.10 Å². The molecule has 0 saturated carbocycles. The van der Waals surface area contributed by atoms with Crippen molar-refractivity contribution in [3.63, 3.8) is 0 Å². The lowest BCUT2D eigenvalue weighted by Crippen LogP contribution is -2.14. The Morgan fingerprint density at radius 2 is 1.92 bits per heavy atom. The van der Waals surface area contributed by atoms with Crippen LogP contribution in [0.1, 0.15) is 23.6 Å². The summed E-state index contributed by atoms with van der Waals surface area (Å²) < 4.78 is 16.2. The largest absolute Gasteiger partial charge is 0.454 e. The smallest absolute Gasteiger partial charge is 0.345 e. The zero-order valence-corrected chi connectivity index (χ0v) is 13.2. The van der Waals surface area contributed by atoms with E-state index in [0.29, 0.717) is 23.3 Å². The van der Waals surface area contributed by atoms with Gasteiger partial charge in [0, 0.05) is 11.8 Å². The molecule has 124 valence electrons. The highest BCUT2D eigenvalue weighted by molar-refractivity contribution is 6.03. The molecule has 2 aliphatic heterocycles. The molecule has 0 saturated heterocycles. The quantitative estimate of drug-likeness (QED) is 0.730. The molecule has 6 nitrogen and oxygen atoms in total. The number of hydrogen-bond acceptors (Lipinski definition) is 6. The minimum absolute atomic E-state index is 0.0182. The minimum atomic E-state index is -0.370. The van der Waals surface area contributed by atoms with Gasteiger partial charge in [0.2, 0.25) is 6.79 Å². The molecule has 25 heavy (non-hydrogen) atoms. The number of rotatable bonds is 2. The SMILES string of the molecule is O=c1oc2ccccc2cc1C1=NN[C@H](c2ccc3c(c2)OCO3)C1. The predicted octanol–water partition coefficient (Wildman–Crippen LogP) is 2.96. The molecule has 0 radical (unpaired) electrons. The van der Waals surface area contributed by atoms with E-state index in [1.807, 2.05) is 42.5 Å². The molecule has 3 aromatic rings. The van der Waals surface area contributed by atoms with Crippen LogP contribution in [0.15, 0.2) is 62.8 Å². The third-order valence-electron chi connectivity index (χ3n) is 4.50. The topological polar surface area (TPSA) is 73.1 Å². The van der Waals surface area contributed by atoms with Gasteiger partial charge in [-0.25, -0.2) is 4.79 Å². The number of ether oxygens (including phenoxy) is 2. The second-order valence-corrected chi connectivity index (χ2v) is 6.04. The average Bonchev–Trinajstić information content (AvgIpc) is 3.29. The lowest BCUT2D eigenvalue weighted by Gasteiger charge is -2.10. The van der Waals surface area contributed by atoms with E-state index < -0.39 is 0 Å². The summed E-state index contributed by atoms with van der Waals surface area (Å²) in [6.07, 6.45) is 0.600. The van der Waals surface area contributed by atoms with Crippen LogP contribution in [0.4, 0.5) is 0 Å². The molecular formula is C19H14N2O4. The van der Waals surface area contributed by atoms with E-state index in [0.717, 1.165) is 22.4 Å². The normalized spacial score (nSPS) is 18.2. The van der Waals surface area contributed by atoms with Crippen molar-refractivity contribution in [1.82, 2.24) is 5.43 Å². The number of hydrogen-bond donors (Lipinski definition) is 1. The minimum Gasteiger partial charge on any atom is -0.454 e. The molecule has 0 spiro atoms.